The molecule has 0 unspecified atom stereocenters. The van der Waals surface area contributed by atoms with Crippen LogP contribution in [-0.4, -0.2) is 4.98 Å². The first-order chi connectivity index (χ1) is 12.3. The summed E-state index contributed by atoms with van der Waals surface area (Å²) in [6.07, 6.45) is 1.80. The van der Waals surface area contributed by atoms with Crippen LogP contribution in [0.4, 0.5) is 0 Å². The van der Waals surface area contributed by atoms with Crippen molar-refractivity contribution in [1.82, 2.24) is 4.98 Å². The van der Waals surface area contributed by atoms with Gasteiger partial charge in [-0.05, 0) is 46.5 Å². The van der Waals surface area contributed by atoms with Crippen LogP contribution in [-0.2, 0) is 0 Å². The maximum absolute atomic E-state index is 6.23. The molecule has 3 aromatic carbocycles. The van der Waals surface area contributed by atoms with Crippen molar-refractivity contribution >= 4 is 11.6 Å². The van der Waals surface area contributed by atoms with Crippen molar-refractivity contribution in [2.45, 2.75) is 0 Å². The molecule has 120 valence electrons. The Morgan fingerprint density at radius 2 is 1.24 bits per heavy atom. The van der Waals surface area contributed by atoms with Crippen LogP contribution < -0.4 is 0 Å². The number of rotatable bonds is 3. The lowest BCUT2D eigenvalue weighted by Gasteiger charge is -2.11. The van der Waals surface area contributed by atoms with E-state index in [0.717, 1.165) is 22.4 Å². The first-order valence-electron chi connectivity index (χ1n) is 8.18. The number of aromatic nitrogens is 1. The number of nitrogens with zero attached hydrogens (tertiary/aromatic N) is 1. The molecule has 0 aliphatic rings. The third-order valence-electron chi connectivity index (χ3n) is 4.23. The molecular formula is C23H16ClN. The average molecular weight is 342 g/mol. The summed E-state index contributed by atoms with van der Waals surface area (Å²) in [4.78, 5) is 4.48. The summed E-state index contributed by atoms with van der Waals surface area (Å²) in [5, 5.41) is 0.713. The molecule has 0 radical (unpaired) electrons. The molecule has 0 atom stereocenters. The highest BCUT2D eigenvalue weighted by Crippen LogP contribution is 2.34. The number of benzene rings is 3. The molecule has 4 rings (SSSR count). The van der Waals surface area contributed by atoms with Gasteiger partial charge in [0, 0.05) is 16.8 Å². The van der Waals surface area contributed by atoms with Gasteiger partial charge in [-0.15, -0.1) is 0 Å². The van der Waals surface area contributed by atoms with Crippen LogP contribution in [0.25, 0.3) is 33.5 Å². The summed E-state index contributed by atoms with van der Waals surface area (Å²) >= 11 is 6.23. The van der Waals surface area contributed by atoms with Crippen LogP contribution in [0.3, 0.4) is 0 Å². The van der Waals surface area contributed by atoms with Crippen molar-refractivity contribution in [3.05, 3.63) is 102 Å². The Kier molecular flexibility index (Phi) is 4.32. The molecule has 0 fully saturated rings. The molecule has 25 heavy (non-hydrogen) atoms. The fourth-order valence-corrected chi connectivity index (χ4v) is 3.15. The third kappa shape index (κ3) is 3.33. The minimum Gasteiger partial charge on any atom is -0.256 e. The molecule has 1 heterocycles. The maximum atomic E-state index is 6.23. The Morgan fingerprint density at radius 3 is 1.96 bits per heavy atom. The van der Waals surface area contributed by atoms with Gasteiger partial charge in [-0.1, -0.05) is 78.3 Å². The number of hydrogen-bond donors (Lipinski definition) is 0. The molecular weight excluding hydrogens is 326 g/mol. The normalized spacial score (nSPS) is 10.6. The van der Waals surface area contributed by atoms with Crippen molar-refractivity contribution < 1.29 is 0 Å². The van der Waals surface area contributed by atoms with E-state index < -0.39 is 0 Å². The van der Waals surface area contributed by atoms with Crippen LogP contribution in [0, 0.1) is 0 Å². The zero-order valence-electron chi connectivity index (χ0n) is 13.6. The summed E-state index contributed by atoms with van der Waals surface area (Å²) in [5.74, 6) is 0. The predicted octanol–water partition coefficient (Wildman–Crippen LogP) is 6.74. The van der Waals surface area contributed by atoms with Crippen molar-refractivity contribution in [3.63, 3.8) is 0 Å². The topological polar surface area (TPSA) is 12.9 Å². The number of halogens is 1. The van der Waals surface area contributed by atoms with E-state index in [4.69, 9.17) is 11.6 Å². The highest BCUT2D eigenvalue weighted by Gasteiger charge is 2.09. The third-order valence-corrected chi connectivity index (χ3v) is 4.46. The van der Waals surface area contributed by atoms with Gasteiger partial charge in [0.05, 0.1) is 5.69 Å². The van der Waals surface area contributed by atoms with Crippen LogP contribution in [0.5, 0.6) is 0 Å². The fourth-order valence-electron chi connectivity index (χ4n) is 2.98. The average Bonchev–Trinajstić information content (AvgIpc) is 2.69. The standard InChI is InChI=1S/C23H16ClN/c24-20-13-14-21(22(16-20)23-8-4-5-15-25-23)19-11-9-18(10-12-19)17-6-2-1-3-7-17/h1-16H. The zero-order valence-corrected chi connectivity index (χ0v) is 14.3. The van der Waals surface area contributed by atoms with Crippen molar-refractivity contribution in [1.29, 1.82) is 0 Å². The highest BCUT2D eigenvalue weighted by atomic mass is 35.5. The fraction of sp³-hybridized carbons (Fsp3) is 0. The van der Waals surface area contributed by atoms with E-state index in [1.807, 2.05) is 36.4 Å². The van der Waals surface area contributed by atoms with Gasteiger partial charge in [-0.2, -0.15) is 0 Å². The Morgan fingerprint density at radius 1 is 0.560 bits per heavy atom. The minimum absolute atomic E-state index is 0.713. The summed E-state index contributed by atoms with van der Waals surface area (Å²) in [6.45, 7) is 0. The van der Waals surface area contributed by atoms with Gasteiger partial charge in [0.2, 0.25) is 0 Å². The van der Waals surface area contributed by atoms with E-state index in [9.17, 15) is 0 Å². The molecule has 0 amide bonds. The number of pyridine rings is 1. The first-order valence-corrected chi connectivity index (χ1v) is 8.56. The quantitative estimate of drug-likeness (QED) is 0.402. The molecule has 0 N–H and O–H groups in total. The van der Waals surface area contributed by atoms with E-state index in [1.165, 1.54) is 11.1 Å². The lowest BCUT2D eigenvalue weighted by Crippen LogP contribution is -1.88. The molecule has 0 saturated heterocycles. The predicted molar refractivity (Wildman–Crippen MR) is 106 cm³/mol. The lowest BCUT2D eigenvalue weighted by molar-refractivity contribution is 1.33. The molecule has 0 saturated carbocycles. The molecule has 1 nitrogen and oxygen atoms in total. The van der Waals surface area contributed by atoms with Crippen molar-refractivity contribution in [2.24, 2.45) is 0 Å². The maximum Gasteiger partial charge on any atom is 0.0708 e. The second kappa shape index (κ2) is 6.92. The van der Waals surface area contributed by atoms with E-state index in [0.29, 0.717) is 5.02 Å². The molecule has 0 aliphatic carbocycles. The lowest BCUT2D eigenvalue weighted by atomic mass is 9.95. The first kappa shape index (κ1) is 15.6. The minimum atomic E-state index is 0.713. The Balaban J connectivity index is 1.78. The molecule has 0 spiro atoms. The Bertz CT molecular complexity index is 977. The smallest absolute Gasteiger partial charge is 0.0708 e. The number of hydrogen-bond acceptors (Lipinski definition) is 1. The van der Waals surface area contributed by atoms with E-state index in [1.54, 1.807) is 6.20 Å². The second-order valence-electron chi connectivity index (χ2n) is 5.85. The molecule has 4 aromatic rings. The van der Waals surface area contributed by atoms with Crippen LogP contribution in [0.2, 0.25) is 5.02 Å². The van der Waals surface area contributed by atoms with Gasteiger partial charge in [-0.3, -0.25) is 4.98 Å². The molecule has 2 heteroatoms. The van der Waals surface area contributed by atoms with Crippen LogP contribution in [0.1, 0.15) is 0 Å². The molecule has 1 aromatic heterocycles. The van der Waals surface area contributed by atoms with Gasteiger partial charge in [0.25, 0.3) is 0 Å². The van der Waals surface area contributed by atoms with E-state index >= 15 is 0 Å². The van der Waals surface area contributed by atoms with Gasteiger partial charge < -0.3 is 0 Å². The second-order valence-corrected chi connectivity index (χ2v) is 6.28. The Labute approximate surface area is 152 Å². The summed E-state index contributed by atoms with van der Waals surface area (Å²) < 4.78 is 0. The summed E-state index contributed by atoms with van der Waals surface area (Å²) in [5.41, 5.74) is 6.67. The van der Waals surface area contributed by atoms with E-state index in [2.05, 4.69) is 59.6 Å². The monoisotopic (exact) mass is 341 g/mol. The van der Waals surface area contributed by atoms with Crippen LogP contribution in [0.15, 0.2) is 97.2 Å². The van der Waals surface area contributed by atoms with E-state index in [-0.39, 0.29) is 0 Å². The molecule has 0 aliphatic heterocycles. The molecule has 0 bridgehead atoms. The summed E-state index contributed by atoms with van der Waals surface area (Å²) in [6, 6.07) is 30.9. The Hall–Kier alpha value is -2.90. The van der Waals surface area contributed by atoms with Crippen molar-refractivity contribution in [3.8, 4) is 33.5 Å². The van der Waals surface area contributed by atoms with Gasteiger partial charge in [0.1, 0.15) is 0 Å². The summed E-state index contributed by atoms with van der Waals surface area (Å²) in [7, 11) is 0. The SMILES string of the molecule is Clc1ccc(-c2ccc(-c3ccccc3)cc2)c(-c2ccccn2)c1. The largest absolute Gasteiger partial charge is 0.256 e. The highest BCUT2D eigenvalue weighted by molar-refractivity contribution is 6.31. The zero-order chi connectivity index (χ0) is 17.1. The van der Waals surface area contributed by atoms with Gasteiger partial charge in [0.15, 0.2) is 0 Å². The van der Waals surface area contributed by atoms with Crippen molar-refractivity contribution in [2.75, 3.05) is 0 Å². The van der Waals surface area contributed by atoms with Gasteiger partial charge in [-0.25, -0.2) is 0 Å². The van der Waals surface area contributed by atoms with Gasteiger partial charge >= 0.3 is 0 Å². The van der Waals surface area contributed by atoms with Crippen LogP contribution >= 0.6 is 11.6 Å².